The molecular weight excluding hydrogens is 377 g/mol. The fourth-order valence-electron chi connectivity index (χ4n) is 3.48. The van der Waals surface area contributed by atoms with Crippen molar-refractivity contribution in [3.05, 3.63) is 59.2 Å². The minimum Gasteiger partial charge on any atom is -0.493 e. The zero-order valence-corrected chi connectivity index (χ0v) is 16.1. The van der Waals surface area contributed by atoms with E-state index in [1.807, 2.05) is 13.8 Å². The fourth-order valence-corrected chi connectivity index (χ4v) is 3.48. The minimum absolute atomic E-state index is 0.00197. The molecule has 0 bridgehead atoms. The van der Waals surface area contributed by atoms with E-state index >= 15 is 0 Å². The van der Waals surface area contributed by atoms with Crippen LogP contribution in [0.3, 0.4) is 0 Å². The van der Waals surface area contributed by atoms with Crippen molar-refractivity contribution in [1.29, 1.82) is 0 Å². The number of ether oxygens (including phenoxy) is 1. The number of hydrogen-bond acceptors (Lipinski definition) is 5. The Morgan fingerprint density at radius 3 is 2.52 bits per heavy atom. The molecule has 7 heteroatoms. The molecule has 0 amide bonds. The number of carbonyl (C=O) groups is 1. The standard InChI is InChI=1S/C22H18FNO5/c1-4-27-17-9-16-18(10-15(17)19-11(2)24-29-12(19)3)28-21(20(16)22(25)26)13-5-7-14(23)8-6-13/h5-10H,4H2,1-3H3,(H,25,26). The molecule has 2 aromatic heterocycles. The van der Waals surface area contributed by atoms with E-state index in [2.05, 4.69) is 5.16 Å². The van der Waals surface area contributed by atoms with Gasteiger partial charge in [-0.15, -0.1) is 0 Å². The summed E-state index contributed by atoms with van der Waals surface area (Å²) in [5.41, 5.74) is 3.00. The quantitative estimate of drug-likeness (QED) is 0.473. The van der Waals surface area contributed by atoms with E-state index in [1.165, 1.54) is 24.3 Å². The molecule has 0 saturated heterocycles. The molecule has 0 aliphatic heterocycles. The summed E-state index contributed by atoms with van der Waals surface area (Å²) in [5, 5.41) is 14.2. The molecule has 4 aromatic rings. The van der Waals surface area contributed by atoms with Crippen LogP contribution in [0.1, 0.15) is 28.7 Å². The summed E-state index contributed by atoms with van der Waals surface area (Å²) >= 11 is 0. The van der Waals surface area contributed by atoms with Crippen molar-refractivity contribution >= 4 is 16.9 Å². The van der Waals surface area contributed by atoms with Crippen LogP contribution in [0.25, 0.3) is 33.4 Å². The Kier molecular flexibility index (Phi) is 4.58. The van der Waals surface area contributed by atoms with Crippen molar-refractivity contribution in [2.75, 3.05) is 6.61 Å². The van der Waals surface area contributed by atoms with Gasteiger partial charge in [0.2, 0.25) is 0 Å². The van der Waals surface area contributed by atoms with Gasteiger partial charge in [-0.2, -0.15) is 0 Å². The summed E-state index contributed by atoms with van der Waals surface area (Å²) in [6.07, 6.45) is 0. The van der Waals surface area contributed by atoms with E-state index < -0.39 is 11.8 Å². The third kappa shape index (κ3) is 3.14. The average Bonchev–Trinajstić information content (AvgIpc) is 3.21. The molecule has 0 spiro atoms. The smallest absolute Gasteiger partial charge is 0.340 e. The number of aromatic carboxylic acids is 1. The third-order valence-electron chi connectivity index (χ3n) is 4.71. The Balaban J connectivity index is 2.02. The summed E-state index contributed by atoms with van der Waals surface area (Å²) in [6.45, 7) is 5.86. The highest BCUT2D eigenvalue weighted by molar-refractivity contribution is 6.09. The first-order valence-corrected chi connectivity index (χ1v) is 9.06. The maximum absolute atomic E-state index is 13.3. The third-order valence-corrected chi connectivity index (χ3v) is 4.71. The van der Waals surface area contributed by atoms with Gasteiger partial charge in [0.1, 0.15) is 34.2 Å². The van der Waals surface area contributed by atoms with Crippen LogP contribution in [0, 0.1) is 19.7 Å². The second-order valence-corrected chi connectivity index (χ2v) is 6.59. The molecule has 4 rings (SSSR count). The molecule has 0 unspecified atom stereocenters. The Morgan fingerprint density at radius 1 is 1.21 bits per heavy atom. The highest BCUT2D eigenvalue weighted by Gasteiger charge is 2.25. The Labute approximate surface area is 165 Å². The van der Waals surface area contributed by atoms with Crippen molar-refractivity contribution < 1.29 is 28.0 Å². The van der Waals surface area contributed by atoms with Gasteiger partial charge in [-0.3, -0.25) is 0 Å². The summed E-state index contributed by atoms with van der Waals surface area (Å²) in [5.74, 6) is -0.280. The Morgan fingerprint density at radius 2 is 1.93 bits per heavy atom. The first-order chi connectivity index (χ1) is 13.9. The lowest BCUT2D eigenvalue weighted by Crippen LogP contribution is -1.99. The lowest BCUT2D eigenvalue weighted by atomic mass is 9.99. The second-order valence-electron chi connectivity index (χ2n) is 6.59. The Bertz CT molecular complexity index is 1200. The number of halogens is 1. The fraction of sp³-hybridized carbons (Fsp3) is 0.182. The van der Waals surface area contributed by atoms with Crippen LogP contribution in [-0.2, 0) is 0 Å². The molecular formula is C22H18FNO5. The normalized spacial score (nSPS) is 11.2. The zero-order valence-electron chi connectivity index (χ0n) is 16.1. The monoisotopic (exact) mass is 395 g/mol. The van der Waals surface area contributed by atoms with Gasteiger partial charge in [-0.05, 0) is 57.2 Å². The van der Waals surface area contributed by atoms with Crippen molar-refractivity contribution in [1.82, 2.24) is 5.16 Å². The number of rotatable bonds is 5. The first-order valence-electron chi connectivity index (χ1n) is 9.06. The summed E-state index contributed by atoms with van der Waals surface area (Å²) in [6, 6.07) is 8.87. The second kappa shape index (κ2) is 7.09. The molecule has 0 fully saturated rings. The van der Waals surface area contributed by atoms with Gasteiger partial charge in [0.05, 0.1) is 17.9 Å². The lowest BCUT2D eigenvalue weighted by Gasteiger charge is -2.10. The van der Waals surface area contributed by atoms with E-state index in [0.717, 1.165) is 5.56 Å². The van der Waals surface area contributed by atoms with Gasteiger partial charge in [-0.25, -0.2) is 9.18 Å². The average molecular weight is 395 g/mol. The van der Waals surface area contributed by atoms with Gasteiger partial charge < -0.3 is 18.8 Å². The Hall–Kier alpha value is -3.61. The topological polar surface area (TPSA) is 85.7 Å². The number of benzene rings is 2. The van der Waals surface area contributed by atoms with Crippen LogP contribution in [0.2, 0.25) is 0 Å². The predicted octanol–water partition coefficient (Wildman–Crippen LogP) is 5.61. The number of fused-ring (bicyclic) bond motifs is 1. The number of hydrogen-bond donors (Lipinski definition) is 1. The van der Waals surface area contributed by atoms with Crippen molar-refractivity contribution in [2.45, 2.75) is 20.8 Å². The van der Waals surface area contributed by atoms with Crippen molar-refractivity contribution in [2.24, 2.45) is 0 Å². The zero-order chi connectivity index (χ0) is 20.7. The van der Waals surface area contributed by atoms with Gasteiger partial charge in [-0.1, -0.05) is 5.16 Å². The van der Waals surface area contributed by atoms with Crippen LogP contribution in [0.15, 0.2) is 45.3 Å². The van der Waals surface area contributed by atoms with Gasteiger partial charge in [0, 0.05) is 16.5 Å². The number of nitrogens with zero attached hydrogens (tertiary/aromatic N) is 1. The van der Waals surface area contributed by atoms with Crippen LogP contribution in [-0.4, -0.2) is 22.8 Å². The molecule has 2 aromatic carbocycles. The van der Waals surface area contributed by atoms with E-state index in [0.29, 0.717) is 45.9 Å². The number of aromatic nitrogens is 1. The molecule has 0 aliphatic carbocycles. The van der Waals surface area contributed by atoms with E-state index in [9.17, 15) is 14.3 Å². The van der Waals surface area contributed by atoms with E-state index in [1.54, 1.807) is 19.1 Å². The van der Waals surface area contributed by atoms with Gasteiger partial charge in [0.25, 0.3) is 0 Å². The van der Waals surface area contributed by atoms with Gasteiger partial charge in [0.15, 0.2) is 0 Å². The van der Waals surface area contributed by atoms with Crippen LogP contribution < -0.4 is 4.74 Å². The van der Waals surface area contributed by atoms with Crippen LogP contribution in [0.4, 0.5) is 4.39 Å². The van der Waals surface area contributed by atoms with E-state index in [4.69, 9.17) is 13.7 Å². The molecule has 6 nitrogen and oxygen atoms in total. The molecule has 0 radical (unpaired) electrons. The molecule has 1 N–H and O–H groups in total. The van der Waals surface area contributed by atoms with Crippen molar-refractivity contribution in [3.63, 3.8) is 0 Å². The number of furan rings is 1. The number of aryl methyl sites for hydroxylation is 2. The summed E-state index contributed by atoms with van der Waals surface area (Å²) in [7, 11) is 0. The van der Waals surface area contributed by atoms with Crippen molar-refractivity contribution in [3.8, 4) is 28.2 Å². The van der Waals surface area contributed by atoms with Crippen LogP contribution in [0.5, 0.6) is 5.75 Å². The first kappa shape index (κ1) is 18.7. The SMILES string of the molecule is CCOc1cc2c(C(=O)O)c(-c3ccc(F)cc3)oc2cc1-c1c(C)noc1C. The molecule has 148 valence electrons. The lowest BCUT2D eigenvalue weighted by molar-refractivity contribution is 0.0699. The number of carboxylic acids is 1. The summed E-state index contributed by atoms with van der Waals surface area (Å²) in [4.78, 5) is 12.0. The maximum atomic E-state index is 13.3. The summed E-state index contributed by atoms with van der Waals surface area (Å²) < 4.78 is 30.3. The van der Waals surface area contributed by atoms with Gasteiger partial charge >= 0.3 is 5.97 Å². The molecule has 2 heterocycles. The van der Waals surface area contributed by atoms with Crippen LogP contribution >= 0.6 is 0 Å². The highest BCUT2D eigenvalue weighted by Crippen LogP contribution is 2.42. The molecule has 0 aliphatic rings. The predicted molar refractivity (Wildman–Crippen MR) is 105 cm³/mol. The largest absolute Gasteiger partial charge is 0.493 e. The highest BCUT2D eigenvalue weighted by atomic mass is 19.1. The molecule has 29 heavy (non-hydrogen) atoms. The van der Waals surface area contributed by atoms with E-state index in [-0.39, 0.29) is 11.3 Å². The maximum Gasteiger partial charge on any atom is 0.340 e. The molecule has 0 atom stereocenters. The minimum atomic E-state index is -1.14. The molecule has 0 saturated carbocycles. The number of carboxylic acid groups (broad SMARTS) is 1.